The molecule has 0 bridgehead atoms. The Balaban J connectivity index is 1.31. The lowest BCUT2D eigenvalue weighted by Crippen LogP contribution is -2.46. The van der Waals surface area contributed by atoms with Crippen LogP contribution in [0, 0.1) is 11.2 Å². The van der Waals surface area contributed by atoms with E-state index in [9.17, 15) is 9.18 Å². The fraction of sp³-hybridized carbons (Fsp3) is 0.500. The van der Waals surface area contributed by atoms with Gasteiger partial charge in [-0.15, -0.1) is 0 Å². The maximum absolute atomic E-state index is 14.1. The topological polar surface area (TPSA) is 39.7 Å². The number of nitrogens with zero attached hydrogens (tertiary/aromatic N) is 4. The van der Waals surface area contributed by atoms with Crippen LogP contribution in [0.15, 0.2) is 48.8 Å². The maximum atomic E-state index is 14.1. The minimum atomic E-state index is -0.128. The lowest BCUT2D eigenvalue weighted by Gasteiger charge is -2.40. The number of piperidine rings is 1. The molecule has 1 spiro atoms. The molecule has 2 aliphatic rings. The van der Waals surface area contributed by atoms with Gasteiger partial charge in [-0.05, 0) is 50.6 Å². The van der Waals surface area contributed by atoms with Gasteiger partial charge >= 0.3 is 0 Å². The van der Waals surface area contributed by atoms with Gasteiger partial charge in [0.1, 0.15) is 5.82 Å². The van der Waals surface area contributed by atoms with Crippen LogP contribution >= 0.6 is 0 Å². The molecule has 4 rings (SSSR count). The molecule has 6 heteroatoms. The quantitative estimate of drug-likeness (QED) is 0.733. The monoisotopic (exact) mass is 410 g/mol. The summed E-state index contributed by atoms with van der Waals surface area (Å²) >= 11 is 0. The van der Waals surface area contributed by atoms with E-state index in [1.165, 1.54) is 6.07 Å². The number of likely N-dealkylation sites (tertiary alicyclic amines) is 2. The van der Waals surface area contributed by atoms with E-state index >= 15 is 0 Å². The molecule has 1 unspecified atom stereocenters. The number of halogens is 1. The van der Waals surface area contributed by atoms with Gasteiger partial charge in [0.25, 0.3) is 0 Å². The zero-order valence-electron chi connectivity index (χ0n) is 17.8. The average molecular weight is 411 g/mol. The number of pyridine rings is 1. The van der Waals surface area contributed by atoms with Crippen molar-refractivity contribution in [1.29, 1.82) is 0 Å². The fourth-order valence-corrected chi connectivity index (χ4v) is 4.98. The smallest absolute Gasteiger partial charge is 0.236 e. The molecule has 0 N–H and O–H groups in total. The molecule has 1 aromatic heterocycles. The number of amides is 1. The highest BCUT2D eigenvalue weighted by atomic mass is 19.1. The van der Waals surface area contributed by atoms with Crippen molar-refractivity contribution < 1.29 is 9.18 Å². The van der Waals surface area contributed by atoms with Gasteiger partial charge in [-0.2, -0.15) is 0 Å². The second-order valence-electron chi connectivity index (χ2n) is 9.00. The molecule has 1 amide bonds. The zero-order chi connectivity index (χ0) is 21.0. The van der Waals surface area contributed by atoms with E-state index in [2.05, 4.69) is 14.8 Å². The van der Waals surface area contributed by atoms with E-state index in [1.807, 2.05) is 42.4 Å². The van der Waals surface area contributed by atoms with Crippen molar-refractivity contribution in [2.75, 3.05) is 39.8 Å². The molecule has 0 radical (unpaired) electrons. The third-order valence-electron chi connectivity index (χ3n) is 6.46. The van der Waals surface area contributed by atoms with Gasteiger partial charge in [-0.25, -0.2) is 4.39 Å². The minimum Gasteiger partial charge on any atom is -0.341 e. The summed E-state index contributed by atoms with van der Waals surface area (Å²) in [5.41, 5.74) is 2.03. The normalized spacial score (nSPS) is 22.2. The molecular formula is C24H31FN4O. The number of carbonyl (C=O) groups is 1. The summed E-state index contributed by atoms with van der Waals surface area (Å²) in [4.78, 5) is 23.5. The SMILES string of the molecule is CN(CC(=O)N1CCC2(CCCN(Cc3ccccc3F)C2)C1)Cc1cccnc1. The first-order chi connectivity index (χ1) is 14.5. The molecule has 1 aromatic carbocycles. The molecule has 0 saturated carbocycles. The summed E-state index contributed by atoms with van der Waals surface area (Å²) in [5, 5.41) is 0. The second kappa shape index (κ2) is 9.23. The van der Waals surface area contributed by atoms with E-state index < -0.39 is 0 Å². The van der Waals surface area contributed by atoms with Crippen molar-refractivity contribution in [2.24, 2.45) is 5.41 Å². The number of hydrogen-bond donors (Lipinski definition) is 0. The van der Waals surface area contributed by atoms with Crippen LogP contribution < -0.4 is 0 Å². The lowest BCUT2D eigenvalue weighted by molar-refractivity contribution is -0.131. The van der Waals surface area contributed by atoms with Crippen LogP contribution in [0.1, 0.15) is 30.4 Å². The molecular weight excluding hydrogens is 379 g/mol. The summed E-state index contributed by atoms with van der Waals surface area (Å²) in [6.45, 7) is 5.37. The lowest BCUT2D eigenvalue weighted by atomic mass is 9.79. The molecule has 30 heavy (non-hydrogen) atoms. The number of carbonyl (C=O) groups excluding carboxylic acids is 1. The predicted octanol–water partition coefficient (Wildman–Crippen LogP) is 3.17. The Morgan fingerprint density at radius 1 is 1.17 bits per heavy atom. The Labute approximate surface area is 178 Å². The molecule has 2 aliphatic heterocycles. The highest BCUT2D eigenvalue weighted by Crippen LogP contribution is 2.39. The molecule has 1 atom stereocenters. The average Bonchev–Trinajstić information content (AvgIpc) is 3.14. The molecule has 2 aromatic rings. The third kappa shape index (κ3) is 5.05. The van der Waals surface area contributed by atoms with Crippen molar-refractivity contribution in [2.45, 2.75) is 32.4 Å². The number of benzene rings is 1. The van der Waals surface area contributed by atoms with Gasteiger partial charge in [0.15, 0.2) is 0 Å². The number of hydrogen-bond acceptors (Lipinski definition) is 4. The molecule has 160 valence electrons. The van der Waals surface area contributed by atoms with E-state index in [-0.39, 0.29) is 17.1 Å². The molecule has 5 nitrogen and oxygen atoms in total. The van der Waals surface area contributed by atoms with Gasteiger partial charge in [0, 0.05) is 56.1 Å². The van der Waals surface area contributed by atoms with E-state index in [0.29, 0.717) is 13.1 Å². The molecule has 3 heterocycles. The van der Waals surface area contributed by atoms with Crippen LogP contribution in [-0.4, -0.2) is 65.4 Å². The van der Waals surface area contributed by atoms with Crippen LogP contribution in [-0.2, 0) is 17.9 Å². The number of rotatable bonds is 6. The standard InChI is InChI=1S/C24H31FN4O/c1-27(15-20-6-4-11-26-14-20)17-23(30)29-13-10-24(19-29)9-5-12-28(18-24)16-21-7-2-3-8-22(21)25/h2-4,6-8,11,14H,5,9-10,12-13,15-19H2,1H3. The largest absolute Gasteiger partial charge is 0.341 e. The predicted molar refractivity (Wildman–Crippen MR) is 115 cm³/mol. The van der Waals surface area contributed by atoms with Crippen LogP contribution in [0.25, 0.3) is 0 Å². The Bertz CT molecular complexity index is 861. The fourth-order valence-electron chi connectivity index (χ4n) is 4.98. The molecule has 0 aliphatic carbocycles. The first-order valence-electron chi connectivity index (χ1n) is 10.8. The summed E-state index contributed by atoms with van der Waals surface area (Å²) in [6.07, 6.45) is 6.91. The van der Waals surface area contributed by atoms with Gasteiger partial charge in [-0.3, -0.25) is 19.6 Å². The van der Waals surface area contributed by atoms with E-state index in [0.717, 1.165) is 63.1 Å². The van der Waals surface area contributed by atoms with Gasteiger partial charge in [-0.1, -0.05) is 24.3 Å². The summed E-state index contributed by atoms with van der Waals surface area (Å²) in [6, 6.07) is 11.0. The Hall–Kier alpha value is -2.31. The van der Waals surface area contributed by atoms with Crippen molar-refractivity contribution in [3.63, 3.8) is 0 Å². The highest BCUT2D eigenvalue weighted by Gasteiger charge is 2.42. The maximum Gasteiger partial charge on any atom is 0.236 e. The number of likely N-dealkylation sites (N-methyl/N-ethyl adjacent to an activating group) is 1. The van der Waals surface area contributed by atoms with Crippen LogP contribution in [0.2, 0.25) is 0 Å². The first-order valence-corrected chi connectivity index (χ1v) is 10.8. The Morgan fingerprint density at radius 3 is 2.83 bits per heavy atom. The van der Waals surface area contributed by atoms with Crippen LogP contribution in [0.4, 0.5) is 4.39 Å². The van der Waals surface area contributed by atoms with E-state index in [4.69, 9.17) is 0 Å². The second-order valence-corrected chi connectivity index (χ2v) is 9.00. The molecule has 2 fully saturated rings. The Morgan fingerprint density at radius 2 is 2.03 bits per heavy atom. The van der Waals surface area contributed by atoms with Crippen molar-refractivity contribution >= 4 is 5.91 Å². The van der Waals surface area contributed by atoms with Gasteiger partial charge < -0.3 is 4.90 Å². The molecule has 2 saturated heterocycles. The van der Waals surface area contributed by atoms with Gasteiger partial charge in [0.2, 0.25) is 5.91 Å². The van der Waals surface area contributed by atoms with Crippen molar-refractivity contribution in [3.05, 3.63) is 65.7 Å². The van der Waals surface area contributed by atoms with Crippen molar-refractivity contribution in [1.82, 2.24) is 19.7 Å². The zero-order valence-corrected chi connectivity index (χ0v) is 17.8. The van der Waals surface area contributed by atoms with Crippen LogP contribution in [0.5, 0.6) is 0 Å². The van der Waals surface area contributed by atoms with E-state index in [1.54, 1.807) is 12.3 Å². The number of aromatic nitrogens is 1. The van der Waals surface area contributed by atoms with Gasteiger partial charge in [0.05, 0.1) is 6.54 Å². The highest BCUT2D eigenvalue weighted by molar-refractivity contribution is 5.78. The summed E-state index contributed by atoms with van der Waals surface area (Å²) in [5.74, 6) is 0.0708. The van der Waals surface area contributed by atoms with Crippen molar-refractivity contribution in [3.8, 4) is 0 Å². The first kappa shape index (κ1) is 20.9. The minimum absolute atomic E-state index is 0.128. The third-order valence-corrected chi connectivity index (χ3v) is 6.46. The summed E-state index contributed by atoms with van der Waals surface area (Å²) in [7, 11) is 1.98. The van der Waals surface area contributed by atoms with Crippen LogP contribution in [0.3, 0.4) is 0 Å². The summed E-state index contributed by atoms with van der Waals surface area (Å²) < 4.78 is 14.1. The Kier molecular flexibility index (Phi) is 6.44.